The largest absolute Gasteiger partial charge is 0.309 e. The second kappa shape index (κ2) is 6.72. The van der Waals surface area contributed by atoms with Gasteiger partial charge in [0.25, 0.3) is 0 Å². The van der Waals surface area contributed by atoms with Gasteiger partial charge in [-0.3, -0.25) is 4.98 Å². The highest BCUT2D eigenvalue weighted by atomic mass is 35.5. The SMILES string of the molecule is Cc1nc2ccc(Cl)cc2cc1P(=O)(c1ccccc1)c1ccccc1. The molecule has 0 atom stereocenters. The van der Waals surface area contributed by atoms with Crippen LogP contribution in [0.1, 0.15) is 5.69 Å². The molecule has 3 aromatic carbocycles. The van der Waals surface area contributed by atoms with Crippen molar-refractivity contribution in [2.75, 3.05) is 0 Å². The van der Waals surface area contributed by atoms with Gasteiger partial charge < -0.3 is 4.57 Å². The van der Waals surface area contributed by atoms with Gasteiger partial charge in [0.05, 0.1) is 5.52 Å². The fourth-order valence-corrected chi connectivity index (χ4v) is 6.30. The Bertz CT molecular complexity index is 1080. The normalized spacial score (nSPS) is 11.6. The van der Waals surface area contributed by atoms with Crippen molar-refractivity contribution in [3.05, 3.63) is 95.6 Å². The molecule has 0 aliphatic carbocycles. The number of fused-ring (bicyclic) bond motifs is 1. The fraction of sp³-hybridized carbons (Fsp3) is 0.0455. The smallest absolute Gasteiger partial charge is 0.172 e. The minimum Gasteiger partial charge on any atom is -0.309 e. The lowest BCUT2D eigenvalue weighted by Crippen LogP contribution is -2.27. The molecule has 0 aliphatic heterocycles. The van der Waals surface area contributed by atoms with Gasteiger partial charge in [-0.15, -0.1) is 0 Å². The molecule has 1 heterocycles. The molecule has 1 aromatic heterocycles. The molecule has 128 valence electrons. The average Bonchev–Trinajstić information content (AvgIpc) is 2.68. The summed E-state index contributed by atoms with van der Waals surface area (Å²) in [4.78, 5) is 4.70. The van der Waals surface area contributed by atoms with Crippen molar-refractivity contribution in [1.82, 2.24) is 4.98 Å². The van der Waals surface area contributed by atoms with Crippen LogP contribution in [0.25, 0.3) is 10.9 Å². The van der Waals surface area contributed by atoms with Gasteiger partial charge in [-0.05, 0) is 31.2 Å². The molecule has 0 bridgehead atoms. The van der Waals surface area contributed by atoms with E-state index in [-0.39, 0.29) is 0 Å². The summed E-state index contributed by atoms with van der Waals surface area (Å²) in [6.45, 7) is 1.92. The summed E-state index contributed by atoms with van der Waals surface area (Å²) < 4.78 is 14.5. The van der Waals surface area contributed by atoms with E-state index in [2.05, 4.69) is 0 Å². The van der Waals surface area contributed by atoms with Crippen LogP contribution in [0, 0.1) is 6.92 Å². The van der Waals surface area contributed by atoms with Crippen molar-refractivity contribution in [3.8, 4) is 0 Å². The number of hydrogen-bond donors (Lipinski definition) is 0. The van der Waals surface area contributed by atoms with Crippen LogP contribution in [0.4, 0.5) is 0 Å². The Morgan fingerprint density at radius 3 is 1.96 bits per heavy atom. The zero-order valence-corrected chi connectivity index (χ0v) is 15.9. The third kappa shape index (κ3) is 2.86. The number of halogens is 1. The number of aromatic nitrogens is 1. The maximum absolute atomic E-state index is 14.5. The molecule has 2 nitrogen and oxygen atoms in total. The van der Waals surface area contributed by atoms with Crippen molar-refractivity contribution in [3.63, 3.8) is 0 Å². The molecule has 4 aromatic rings. The van der Waals surface area contributed by atoms with Crippen LogP contribution < -0.4 is 15.9 Å². The highest BCUT2D eigenvalue weighted by Gasteiger charge is 2.31. The Hall–Kier alpha value is -2.41. The third-order valence-electron chi connectivity index (χ3n) is 4.52. The molecule has 26 heavy (non-hydrogen) atoms. The van der Waals surface area contributed by atoms with Crippen LogP contribution in [0.15, 0.2) is 84.9 Å². The van der Waals surface area contributed by atoms with Crippen LogP contribution in [0.2, 0.25) is 5.02 Å². The number of aryl methyl sites for hydroxylation is 1. The van der Waals surface area contributed by atoms with Crippen LogP contribution in [-0.2, 0) is 4.57 Å². The topological polar surface area (TPSA) is 30.0 Å². The zero-order valence-electron chi connectivity index (χ0n) is 14.3. The van der Waals surface area contributed by atoms with E-state index < -0.39 is 7.14 Å². The first-order valence-corrected chi connectivity index (χ1v) is 10.5. The van der Waals surface area contributed by atoms with E-state index in [4.69, 9.17) is 16.6 Å². The van der Waals surface area contributed by atoms with E-state index in [1.165, 1.54) is 0 Å². The maximum atomic E-state index is 14.5. The lowest BCUT2D eigenvalue weighted by molar-refractivity contribution is 0.592. The molecule has 4 rings (SSSR count). The van der Waals surface area contributed by atoms with E-state index in [1.807, 2.05) is 91.9 Å². The predicted octanol–water partition coefficient (Wildman–Crippen LogP) is 4.84. The van der Waals surface area contributed by atoms with E-state index in [0.29, 0.717) is 5.02 Å². The first kappa shape index (κ1) is 17.0. The van der Waals surface area contributed by atoms with Gasteiger partial charge in [-0.1, -0.05) is 72.3 Å². The zero-order chi connectivity index (χ0) is 18.1. The van der Waals surface area contributed by atoms with E-state index in [0.717, 1.165) is 32.5 Å². The number of hydrogen-bond acceptors (Lipinski definition) is 2. The summed E-state index contributed by atoms with van der Waals surface area (Å²) in [5.41, 5.74) is 1.62. The van der Waals surface area contributed by atoms with E-state index in [1.54, 1.807) is 0 Å². The molecule has 0 radical (unpaired) electrons. The average molecular weight is 378 g/mol. The number of rotatable bonds is 3. The lowest BCUT2D eigenvalue weighted by atomic mass is 10.2. The van der Waals surface area contributed by atoms with Crippen LogP contribution in [0.5, 0.6) is 0 Å². The Morgan fingerprint density at radius 1 is 0.808 bits per heavy atom. The van der Waals surface area contributed by atoms with E-state index in [9.17, 15) is 4.57 Å². The molecule has 4 heteroatoms. The Labute approximate surface area is 157 Å². The molecular weight excluding hydrogens is 361 g/mol. The molecule has 0 fully saturated rings. The monoisotopic (exact) mass is 377 g/mol. The van der Waals surface area contributed by atoms with Gasteiger partial charge in [0, 0.05) is 32.0 Å². The highest BCUT2D eigenvalue weighted by molar-refractivity contribution is 7.85. The standard InChI is InChI=1S/C22H17ClNOP/c1-16-22(15-17-14-18(23)12-13-21(17)24-16)26(25,19-8-4-2-5-9-19)20-10-6-3-7-11-20/h2-15H,1H3. The first-order chi connectivity index (χ1) is 12.6. The molecule has 0 N–H and O–H groups in total. The Balaban J connectivity index is 2.06. The lowest BCUT2D eigenvalue weighted by Gasteiger charge is -2.21. The molecular formula is C22H17ClNOP. The summed E-state index contributed by atoms with van der Waals surface area (Å²) >= 11 is 6.16. The van der Waals surface area contributed by atoms with Crippen molar-refractivity contribution < 1.29 is 4.57 Å². The minimum absolute atomic E-state index is 0.642. The number of nitrogens with zero attached hydrogens (tertiary/aromatic N) is 1. The van der Waals surface area contributed by atoms with E-state index >= 15 is 0 Å². The highest BCUT2D eigenvalue weighted by Crippen LogP contribution is 2.43. The molecule has 0 saturated heterocycles. The van der Waals surface area contributed by atoms with Gasteiger partial charge >= 0.3 is 0 Å². The summed E-state index contributed by atoms with van der Waals surface area (Å²) in [7, 11) is -3.04. The molecule has 0 aliphatic rings. The predicted molar refractivity (Wildman–Crippen MR) is 111 cm³/mol. The molecule has 0 saturated carbocycles. The van der Waals surface area contributed by atoms with Crippen molar-refractivity contribution in [1.29, 1.82) is 0 Å². The van der Waals surface area contributed by atoms with Crippen LogP contribution in [-0.4, -0.2) is 4.98 Å². The molecule has 0 amide bonds. The van der Waals surface area contributed by atoms with Crippen LogP contribution in [0.3, 0.4) is 0 Å². The van der Waals surface area contributed by atoms with Gasteiger partial charge in [-0.25, -0.2) is 0 Å². The second-order valence-corrected chi connectivity index (χ2v) is 9.38. The fourth-order valence-electron chi connectivity index (χ4n) is 3.25. The van der Waals surface area contributed by atoms with Crippen LogP contribution >= 0.6 is 18.7 Å². The van der Waals surface area contributed by atoms with Gasteiger partial charge in [0.1, 0.15) is 0 Å². The molecule has 0 spiro atoms. The first-order valence-electron chi connectivity index (χ1n) is 8.38. The van der Waals surface area contributed by atoms with Crippen molar-refractivity contribution in [2.24, 2.45) is 0 Å². The Morgan fingerprint density at radius 2 is 1.38 bits per heavy atom. The summed E-state index contributed by atoms with van der Waals surface area (Å²) in [6.07, 6.45) is 0. The van der Waals surface area contributed by atoms with Gasteiger partial charge in [0.2, 0.25) is 0 Å². The van der Waals surface area contributed by atoms with Gasteiger partial charge in [-0.2, -0.15) is 0 Å². The minimum atomic E-state index is -3.04. The third-order valence-corrected chi connectivity index (χ3v) is 7.94. The van der Waals surface area contributed by atoms with Crippen molar-refractivity contribution in [2.45, 2.75) is 6.92 Å². The summed E-state index contributed by atoms with van der Waals surface area (Å²) in [6, 6.07) is 26.8. The number of pyridine rings is 1. The van der Waals surface area contributed by atoms with Gasteiger partial charge in [0.15, 0.2) is 7.14 Å². The quantitative estimate of drug-likeness (QED) is 0.478. The number of benzene rings is 3. The second-order valence-electron chi connectivity index (χ2n) is 6.21. The summed E-state index contributed by atoms with van der Waals surface area (Å²) in [5, 5.41) is 3.90. The summed E-state index contributed by atoms with van der Waals surface area (Å²) in [5.74, 6) is 0. The Kier molecular flexibility index (Phi) is 4.40. The molecule has 0 unspecified atom stereocenters. The van der Waals surface area contributed by atoms with Crippen molar-refractivity contribution >= 4 is 45.6 Å². The maximum Gasteiger partial charge on any atom is 0.172 e.